The van der Waals surface area contributed by atoms with Crippen LogP contribution in [0.1, 0.15) is 36.0 Å². The van der Waals surface area contributed by atoms with Crippen LogP contribution in [0.3, 0.4) is 0 Å². The second-order valence-corrected chi connectivity index (χ2v) is 8.53. The van der Waals surface area contributed by atoms with E-state index in [0.29, 0.717) is 11.3 Å². The Bertz CT molecular complexity index is 1090. The molecule has 1 aliphatic heterocycles. The number of halogens is 3. The SMILES string of the molecule is O=C(NC1CCCC1)c1ccc(NC2=C(Cl)C(=O)N(c3cccc(Cl)c3Cl)C2=O)cc1. The first-order chi connectivity index (χ1) is 14.9. The predicted octanol–water partition coefficient (Wildman–Crippen LogP) is 5.10. The number of imide groups is 1. The average molecular weight is 479 g/mol. The maximum atomic E-state index is 12.9. The maximum Gasteiger partial charge on any atom is 0.283 e. The second-order valence-electron chi connectivity index (χ2n) is 7.36. The van der Waals surface area contributed by atoms with Crippen molar-refractivity contribution in [1.82, 2.24) is 5.32 Å². The van der Waals surface area contributed by atoms with E-state index in [1.54, 1.807) is 36.4 Å². The highest BCUT2D eigenvalue weighted by molar-refractivity contribution is 6.54. The van der Waals surface area contributed by atoms with E-state index in [2.05, 4.69) is 10.6 Å². The van der Waals surface area contributed by atoms with Gasteiger partial charge in [-0.2, -0.15) is 0 Å². The molecule has 2 aromatic carbocycles. The molecule has 1 aliphatic carbocycles. The van der Waals surface area contributed by atoms with Gasteiger partial charge in [-0.1, -0.05) is 53.7 Å². The summed E-state index contributed by atoms with van der Waals surface area (Å²) in [6.45, 7) is 0. The van der Waals surface area contributed by atoms with E-state index in [1.807, 2.05) is 0 Å². The molecule has 6 nitrogen and oxygen atoms in total. The van der Waals surface area contributed by atoms with E-state index in [4.69, 9.17) is 34.8 Å². The third-order valence-corrected chi connectivity index (χ3v) is 6.47. The van der Waals surface area contributed by atoms with Crippen LogP contribution in [0.25, 0.3) is 0 Å². The number of carbonyl (C=O) groups is 3. The van der Waals surface area contributed by atoms with Crippen LogP contribution >= 0.6 is 34.8 Å². The lowest BCUT2D eigenvalue weighted by Gasteiger charge is -2.17. The third-order valence-electron chi connectivity index (χ3n) is 5.31. The van der Waals surface area contributed by atoms with Crippen LogP contribution in [0.5, 0.6) is 0 Å². The number of hydrogen-bond donors (Lipinski definition) is 2. The van der Waals surface area contributed by atoms with Gasteiger partial charge in [0.25, 0.3) is 17.7 Å². The number of amides is 3. The largest absolute Gasteiger partial charge is 0.350 e. The second kappa shape index (κ2) is 8.91. The molecule has 0 unspecified atom stereocenters. The van der Waals surface area contributed by atoms with Crippen molar-refractivity contribution >= 4 is 63.9 Å². The lowest BCUT2D eigenvalue weighted by atomic mass is 10.1. The fourth-order valence-corrected chi connectivity index (χ4v) is 4.28. The van der Waals surface area contributed by atoms with Crippen molar-refractivity contribution in [2.45, 2.75) is 31.7 Å². The van der Waals surface area contributed by atoms with E-state index in [-0.39, 0.29) is 38.4 Å². The van der Waals surface area contributed by atoms with Gasteiger partial charge in [-0.3, -0.25) is 14.4 Å². The first kappa shape index (κ1) is 21.7. The summed E-state index contributed by atoms with van der Waals surface area (Å²) in [6.07, 6.45) is 4.27. The molecule has 4 rings (SSSR count). The van der Waals surface area contributed by atoms with Crippen LogP contribution < -0.4 is 15.5 Å². The van der Waals surface area contributed by atoms with Gasteiger partial charge in [0.05, 0.1) is 15.7 Å². The molecule has 2 aromatic rings. The van der Waals surface area contributed by atoms with E-state index in [9.17, 15) is 14.4 Å². The molecular weight excluding hydrogens is 461 g/mol. The summed E-state index contributed by atoms with van der Waals surface area (Å²) in [7, 11) is 0. The monoisotopic (exact) mass is 477 g/mol. The zero-order chi connectivity index (χ0) is 22.1. The molecule has 31 heavy (non-hydrogen) atoms. The molecule has 2 aliphatic rings. The summed E-state index contributed by atoms with van der Waals surface area (Å²) in [5.74, 6) is -1.49. The first-order valence-electron chi connectivity index (χ1n) is 9.77. The van der Waals surface area contributed by atoms with Gasteiger partial charge >= 0.3 is 0 Å². The van der Waals surface area contributed by atoms with Crippen molar-refractivity contribution in [3.63, 3.8) is 0 Å². The zero-order valence-electron chi connectivity index (χ0n) is 16.3. The van der Waals surface area contributed by atoms with Gasteiger partial charge in [0.2, 0.25) is 0 Å². The number of carbonyl (C=O) groups excluding carboxylic acids is 3. The zero-order valence-corrected chi connectivity index (χ0v) is 18.5. The lowest BCUT2D eigenvalue weighted by Crippen LogP contribution is -2.32. The van der Waals surface area contributed by atoms with Gasteiger partial charge in [-0.15, -0.1) is 0 Å². The lowest BCUT2D eigenvalue weighted by molar-refractivity contribution is -0.120. The number of hydrogen-bond acceptors (Lipinski definition) is 4. The Hall–Kier alpha value is -2.54. The van der Waals surface area contributed by atoms with Crippen molar-refractivity contribution in [3.8, 4) is 0 Å². The maximum absolute atomic E-state index is 12.9. The van der Waals surface area contributed by atoms with Gasteiger partial charge in [-0.05, 0) is 49.2 Å². The van der Waals surface area contributed by atoms with Crippen molar-refractivity contribution in [2.24, 2.45) is 0 Å². The van der Waals surface area contributed by atoms with Crippen molar-refractivity contribution in [2.75, 3.05) is 10.2 Å². The molecule has 1 saturated carbocycles. The molecule has 0 bridgehead atoms. The van der Waals surface area contributed by atoms with E-state index >= 15 is 0 Å². The standard InChI is InChI=1S/C22H18Cl3N3O3/c23-15-6-3-7-16(17(15)24)28-21(30)18(25)19(22(28)31)26-14-10-8-12(9-11-14)20(29)27-13-4-1-2-5-13/h3,6-11,13,26H,1-2,4-5H2,(H,27,29). The molecule has 0 spiro atoms. The van der Waals surface area contributed by atoms with Gasteiger partial charge < -0.3 is 10.6 Å². The van der Waals surface area contributed by atoms with Crippen molar-refractivity contribution < 1.29 is 14.4 Å². The molecule has 9 heteroatoms. The Kier molecular flexibility index (Phi) is 6.23. The highest BCUT2D eigenvalue weighted by Crippen LogP contribution is 2.37. The quantitative estimate of drug-likeness (QED) is 0.586. The molecule has 2 N–H and O–H groups in total. The van der Waals surface area contributed by atoms with Crippen LogP contribution in [0.4, 0.5) is 11.4 Å². The van der Waals surface area contributed by atoms with Crippen molar-refractivity contribution in [1.29, 1.82) is 0 Å². The normalized spacial score (nSPS) is 16.9. The fourth-order valence-electron chi connectivity index (χ4n) is 3.68. The summed E-state index contributed by atoms with van der Waals surface area (Å²) in [4.78, 5) is 38.8. The van der Waals surface area contributed by atoms with Crippen LogP contribution in [0.2, 0.25) is 10.0 Å². The number of rotatable bonds is 5. The van der Waals surface area contributed by atoms with Crippen LogP contribution in [0, 0.1) is 0 Å². The Morgan fingerprint density at radius 3 is 2.29 bits per heavy atom. The minimum absolute atomic E-state index is 0.0779. The molecule has 0 saturated heterocycles. The summed E-state index contributed by atoms with van der Waals surface area (Å²) in [5, 5.41) is 5.92. The number of nitrogens with zero attached hydrogens (tertiary/aromatic N) is 1. The average Bonchev–Trinajstić information content (AvgIpc) is 3.34. The highest BCUT2D eigenvalue weighted by Gasteiger charge is 2.40. The Morgan fingerprint density at radius 1 is 0.935 bits per heavy atom. The highest BCUT2D eigenvalue weighted by atomic mass is 35.5. The summed E-state index contributed by atoms with van der Waals surface area (Å²) in [6, 6.07) is 11.5. The fraction of sp³-hybridized carbons (Fsp3) is 0.227. The van der Waals surface area contributed by atoms with Gasteiger partial charge in [0.1, 0.15) is 10.7 Å². The minimum atomic E-state index is -0.703. The molecule has 0 radical (unpaired) electrons. The third kappa shape index (κ3) is 4.28. The smallest absolute Gasteiger partial charge is 0.283 e. The van der Waals surface area contributed by atoms with E-state index < -0.39 is 11.8 Å². The van der Waals surface area contributed by atoms with Gasteiger partial charge in [0.15, 0.2) is 0 Å². The molecule has 1 fully saturated rings. The molecule has 3 amide bonds. The number of anilines is 2. The minimum Gasteiger partial charge on any atom is -0.350 e. The molecular formula is C22H18Cl3N3O3. The molecule has 1 heterocycles. The van der Waals surface area contributed by atoms with E-state index in [1.165, 1.54) is 6.07 Å². The summed E-state index contributed by atoms with van der Waals surface area (Å²) < 4.78 is 0. The molecule has 0 atom stereocenters. The first-order valence-corrected chi connectivity index (χ1v) is 10.9. The topological polar surface area (TPSA) is 78.5 Å². The van der Waals surface area contributed by atoms with Gasteiger partial charge in [-0.25, -0.2) is 4.90 Å². The summed E-state index contributed by atoms with van der Waals surface area (Å²) in [5.41, 5.74) is 1.09. The number of benzene rings is 2. The summed E-state index contributed by atoms with van der Waals surface area (Å²) >= 11 is 18.3. The van der Waals surface area contributed by atoms with Gasteiger partial charge in [0, 0.05) is 17.3 Å². The van der Waals surface area contributed by atoms with E-state index in [0.717, 1.165) is 30.6 Å². The molecule has 160 valence electrons. The Morgan fingerprint density at radius 2 is 1.61 bits per heavy atom. The Labute approximate surface area is 194 Å². The van der Waals surface area contributed by atoms with Crippen LogP contribution in [-0.2, 0) is 9.59 Å². The molecule has 0 aromatic heterocycles. The predicted molar refractivity (Wildman–Crippen MR) is 122 cm³/mol. The van der Waals surface area contributed by atoms with Crippen LogP contribution in [-0.4, -0.2) is 23.8 Å². The number of nitrogens with one attached hydrogen (secondary N) is 2. The van der Waals surface area contributed by atoms with Crippen molar-refractivity contribution in [3.05, 3.63) is 68.8 Å². The van der Waals surface area contributed by atoms with Crippen LogP contribution in [0.15, 0.2) is 53.2 Å². The Balaban J connectivity index is 1.50.